The Balaban J connectivity index is 1.86. The molecule has 0 aliphatic carbocycles. The van der Waals surface area contributed by atoms with Gasteiger partial charge in [0.05, 0.1) is 21.0 Å². The van der Waals surface area contributed by atoms with Gasteiger partial charge in [0.1, 0.15) is 11.6 Å². The van der Waals surface area contributed by atoms with Crippen molar-refractivity contribution < 1.29 is 13.2 Å². The zero-order chi connectivity index (χ0) is 16.8. The number of aromatic nitrogens is 1. The monoisotopic (exact) mass is 393 g/mol. The number of nitrogens with zero attached hydrogens (tertiary/aromatic N) is 2. The van der Waals surface area contributed by atoms with Crippen LogP contribution in [0.2, 0.25) is 10.0 Å². The predicted octanol–water partition coefficient (Wildman–Crippen LogP) is 2.97. The Bertz CT molecular complexity index is 843. The van der Waals surface area contributed by atoms with Gasteiger partial charge in [-0.15, -0.1) is 0 Å². The third kappa shape index (κ3) is 3.32. The third-order valence-corrected chi connectivity index (χ3v) is 6.63. The fourth-order valence-electron chi connectivity index (χ4n) is 2.59. The molecular weight excluding hydrogens is 381 g/mol. The highest BCUT2D eigenvalue weighted by molar-refractivity contribution is 7.88. The van der Waals surface area contributed by atoms with E-state index in [9.17, 15) is 13.2 Å². The van der Waals surface area contributed by atoms with Crippen LogP contribution in [0.5, 0.6) is 0 Å². The first-order chi connectivity index (χ1) is 10.8. The van der Waals surface area contributed by atoms with Gasteiger partial charge in [0.25, 0.3) is 0 Å². The molecule has 2 aromatic rings. The van der Waals surface area contributed by atoms with E-state index in [4.69, 9.17) is 23.2 Å². The third-order valence-electron chi connectivity index (χ3n) is 3.61. The minimum absolute atomic E-state index is 0.348. The molecule has 1 aliphatic rings. The van der Waals surface area contributed by atoms with Gasteiger partial charge in [-0.25, -0.2) is 13.4 Å². The van der Waals surface area contributed by atoms with Gasteiger partial charge in [-0.2, -0.15) is 4.31 Å². The number of fused-ring (bicyclic) bond motifs is 1. The van der Waals surface area contributed by atoms with Crippen LogP contribution in [0.25, 0.3) is 10.2 Å². The van der Waals surface area contributed by atoms with Crippen molar-refractivity contribution in [2.45, 2.75) is 18.9 Å². The van der Waals surface area contributed by atoms with E-state index in [1.807, 2.05) is 0 Å². The first-order valence-electron chi connectivity index (χ1n) is 6.79. The van der Waals surface area contributed by atoms with Crippen LogP contribution in [0, 0.1) is 0 Å². The summed E-state index contributed by atoms with van der Waals surface area (Å²) in [5.74, 6) is -0.390. The summed E-state index contributed by atoms with van der Waals surface area (Å²) in [5.41, 5.74) is 0.519. The van der Waals surface area contributed by atoms with E-state index >= 15 is 0 Å². The number of halogens is 2. The SMILES string of the molecule is CS(=O)(=O)N1CCC[C@H]1C(=O)Nc1nc2c(Cl)ccc(Cl)c2s1. The number of anilines is 1. The Morgan fingerprint density at radius 1 is 1.39 bits per heavy atom. The van der Waals surface area contributed by atoms with Gasteiger partial charge in [-0.05, 0) is 25.0 Å². The van der Waals surface area contributed by atoms with Crippen molar-refractivity contribution in [3.05, 3.63) is 22.2 Å². The molecule has 3 rings (SSSR count). The number of benzene rings is 1. The number of amides is 1. The minimum Gasteiger partial charge on any atom is -0.301 e. The topological polar surface area (TPSA) is 79.4 Å². The number of thiazole rings is 1. The maximum atomic E-state index is 12.4. The summed E-state index contributed by atoms with van der Waals surface area (Å²) in [6.07, 6.45) is 2.25. The molecule has 1 saturated heterocycles. The molecule has 6 nitrogen and oxygen atoms in total. The average Bonchev–Trinajstić information content (AvgIpc) is 3.09. The molecule has 1 aromatic carbocycles. The van der Waals surface area contributed by atoms with Crippen LogP contribution in [0.15, 0.2) is 12.1 Å². The van der Waals surface area contributed by atoms with Gasteiger partial charge in [0.2, 0.25) is 15.9 Å². The lowest BCUT2D eigenvalue weighted by molar-refractivity contribution is -0.119. The maximum absolute atomic E-state index is 12.4. The lowest BCUT2D eigenvalue weighted by atomic mass is 10.2. The molecule has 1 atom stereocenters. The molecule has 23 heavy (non-hydrogen) atoms. The van der Waals surface area contributed by atoms with Crippen molar-refractivity contribution in [3.63, 3.8) is 0 Å². The van der Waals surface area contributed by atoms with Crippen molar-refractivity contribution >= 4 is 65.8 Å². The summed E-state index contributed by atoms with van der Waals surface area (Å²) < 4.78 is 25.4. The number of hydrogen-bond donors (Lipinski definition) is 1. The number of carbonyl (C=O) groups is 1. The first kappa shape index (κ1) is 16.9. The van der Waals surface area contributed by atoms with E-state index in [2.05, 4.69) is 10.3 Å². The molecule has 1 fully saturated rings. The molecule has 1 N–H and O–H groups in total. The Morgan fingerprint density at radius 3 is 2.74 bits per heavy atom. The predicted molar refractivity (Wildman–Crippen MR) is 92.8 cm³/mol. The zero-order valence-electron chi connectivity index (χ0n) is 12.0. The number of hydrogen-bond acceptors (Lipinski definition) is 5. The van der Waals surface area contributed by atoms with Crippen LogP contribution in [-0.2, 0) is 14.8 Å². The Morgan fingerprint density at radius 2 is 2.09 bits per heavy atom. The van der Waals surface area contributed by atoms with Gasteiger partial charge in [0.15, 0.2) is 5.13 Å². The summed E-state index contributed by atoms with van der Waals surface area (Å²) in [7, 11) is -3.41. The van der Waals surface area contributed by atoms with Crippen molar-refractivity contribution in [2.75, 3.05) is 18.1 Å². The Hall–Kier alpha value is -0.930. The van der Waals surface area contributed by atoms with E-state index in [0.717, 1.165) is 6.26 Å². The van der Waals surface area contributed by atoms with E-state index in [1.165, 1.54) is 15.6 Å². The molecular formula is C13H13Cl2N3O3S2. The zero-order valence-corrected chi connectivity index (χ0v) is 15.2. The lowest BCUT2D eigenvalue weighted by Gasteiger charge is -2.20. The van der Waals surface area contributed by atoms with Crippen molar-refractivity contribution in [1.29, 1.82) is 0 Å². The minimum atomic E-state index is -3.41. The number of carbonyl (C=O) groups excluding carboxylic acids is 1. The van der Waals surface area contributed by atoms with Gasteiger partial charge in [-0.1, -0.05) is 34.5 Å². The summed E-state index contributed by atoms with van der Waals surface area (Å²) in [5, 5.41) is 3.97. The van der Waals surface area contributed by atoms with Crippen LogP contribution >= 0.6 is 34.5 Å². The Labute approximate surface area is 147 Å². The fourth-order valence-corrected chi connectivity index (χ4v) is 5.13. The number of nitrogens with one attached hydrogen (secondary N) is 1. The van der Waals surface area contributed by atoms with Gasteiger partial charge < -0.3 is 5.32 Å². The van der Waals surface area contributed by atoms with Crippen LogP contribution in [0.1, 0.15) is 12.8 Å². The molecule has 10 heteroatoms. The smallest absolute Gasteiger partial charge is 0.244 e. The maximum Gasteiger partial charge on any atom is 0.244 e. The molecule has 1 amide bonds. The van der Waals surface area contributed by atoms with Crippen molar-refractivity contribution in [2.24, 2.45) is 0 Å². The molecule has 2 heterocycles. The quantitative estimate of drug-likeness (QED) is 0.868. The van der Waals surface area contributed by atoms with E-state index in [1.54, 1.807) is 12.1 Å². The molecule has 0 saturated carbocycles. The van der Waals surface area contributed by atoms with Crippen LogP contribution < -0.4 is 5.32 Å². The molecule has 0 unspecified atom stereocenters. The molecule has 124 valence electrons. The molecule has 0 bridgehead atoms. The number of sulfonamides is 1. The summed E-state index contributed by atoms with van der Waals surface area (Å²) in [4.78, 5) is 16.7. The lowest BCUT2D eigenvalue weighted by Crippen LogP contribution is -2.42. The van der Waals surface area contributed by atoms with Gasteiger partial charge >= 0.3 is 0 Å². The molecule has 1 aromatic heterocycles. The molecule has 1 aliphatic heterocycles. The summed E-state index contributed by atoms with van der Waals surface area (Å²) >= 11 is 13.4. The summed E-state index contributed by atoms with van der Waals surface area (Å²) in [6.45, 7) is 0.356. The van der Waals surface area contributed by atoms with E-state index in [-0.39, 0.29) is 5.91 Å². The van der Waals surface area contributed by atoms with Crippen molar-refractivity contribution in [1.82, 2.24) is 9.29 Å². The fraction of sp³-hybridized carbons (Fsp3) is 0.385. The van der Waals surface area contributed by atoms with E-state index in [0.29, 0.717) is 44.8 Å². The van der Waals surface area contributed by atoms with E-state index < -0.39 is 16.1 Å². The highest BCUT2D eigenvalue weighted by atomic mass is 35.5. The van der Waals surface area contributed by atoms with Gasteiger partial charge in [-0.3, -0.25) is 4.79 Å². The first-order valence-corrected chi connectivity index (χ1v) is 10.2. The second kappa shape index (κ2) is 6.18. The van der Waals surface area contributed by atoms with Crippen LogP contribution in [0.4, 0.5) is 5.13 Å². The second-order valence-corrected chi connectivity index (χ2v) is 9.00. The number of rotatable bonds is 3. The molecule has 0 spiro atoms. The van der Waals surface area contributed by atoms with Crippen LogP contribution in [0.3, 0.4) is 0 Å². The largest absolute Gasteiger partial charge is 0.301 e. The van der Waals surface area contributed by atoms with Gasteiger partial charge in [0, 0.05) is 6.54 Å². The molecule has 0 radical (unpaired) electrons. The van der Waals surface area contributed by atoms with Crippen LogP contribution in [-0.4, -0.2) is 42.5 Å². The summed E-state index contributed by atoms with van der Waals surface area (Å²) in [6, 6.07) is 2.60. The highest BCUT2D eigenvalue weighted by Crippen LogP contribution is 2.36. The Kier molecular flexibility index (Phi) is 4.54. The second-order valence-electron chi connectivity index (χ2n) is 5.25. The average molecular weight is 394 g/mol. The highest BCUT2D eigenvalue weighted by Gasteiger charge is 2.36. The normalized spacial score (nSPS) is 19.3. The standard InChI is InChI=1S/C13H13Cl2N3O3S2/c1-23(20,21)18-6-2-3-9(18)12(19)17-13-16-10-7(14)4-5-8(15)11(10)22-13/h4-5,9H,2-3,6H2,1H3,(H,16,17,19)/t9-/m0/s1. The van der Waals surface area contributed by atoms with Crippen molar-refractivity contribution in [3.8, 4) is 0 Å².